The quantitative estimate of drug-likeness (QED) is 0.871. The molecule has 1 fully saturated rings. The fourth-order valence-corrected chi connectivity index (χ4v) is 4.13. The lowest BCUT2D eigenvalue weighted by Crippen LogP contribution is -2.52. The molecule has 0 saturated carbocycles. The lowest BCUT2D eigenvalue weighted by Gasteiger charge is -2.38. The van der Waals surface area contributed by atoms with E-state index in [1.54, 1.807) is 11.8 Å². The molecule has 0 aromatic heterocycles. The van der Waals surface area contributed by atoms with Crippen molar-refractivity contribution in [3.05, 3.63) is 42.5 Å². The average molecular weight is 328 g/mol. The Hall–Kier alpha value is -1.52. The van der Waals surface area contributed by atoms with Crippen molar-refractivity contribution in [2.45, 2.75) is 43.2 Å². The molecule has 3 rings (SSSR count). The molecular formula is C19H24N2OS. The molecule has 1 heterocycles. The highest BCUT2D eigenvalue weighted by Crippen LogP contribution is 2.25. The van der Waals surface area contributed by atoms with E-state index in [0.717, 1.165) is 24.3 Å². The van der Waals surface area contributed by atoms with Crippen LogP contribution in [0.2, 0.25) is 0 Å². The third-order valence-corrected chi connectivity index (χ3v) is 5.54. The molecule has 1 saturated heterocycles. The maximum atomic E-state index is 12.6. The molecule has 1 aliphatic rings. The number of likely N-dealkylation sites (tertiary alicyclic amines) is 1. The van der Waals surface area contributed by atoms with Crippen molar-refractivity contribution < 1.29 is 4.79 Å². The van der Waals surface area contributed by atoms with Gasteiger partial charge in [-0.3, -0.25) is 4.79 Å². The number of nitrogens with two attached hydrogens (primary N) is 1. The molecule has 2 unspecified atom stereocenters. The van der Waals surface area contributed by atoms with Crippen LogP contribution in [0.4, 0.5) is 0 Å². The van der Waals surface area contributed by atoms with Gasteiger partial charge in [0.1, 0.15) is 0 Å². The summed E-state index contributed by atoms with van der Waals surface area (Å²) in [6, 6.07) is 14.9. The molecular weight excluding hydrogens is 304 g/mol. The van der Waals surface area contributed by atoms with Gasteiger partial charge in [0.05, 0.1) is 5.75 Å². The Kier molecular flexibility index (Phi) is 5.23. The van der Waals surface area contributed by atoms with E-state index in [4.69, 9.17) is 5.73 Å². The van der Waals surface area contributed by atoms with E-state index in [9.17, 15) is 4.79 Å². The second-order valence-corrected chi connectivity index (χ2v) is 7.36. The molecule has 0 radical (unpaired) electrons. The summed E-state index contributed by atoms with van der Waals surface area (Å²) in [6.07, 6.45) is 3.30. The van der Waals surface area contributed by atoms with Crippen molar-refractivity contribution in [1.29, 1.82) is 0 Å². The fourth-order valence-electron chi connectivity index (χ4n) is 3.30. The van der Waals surface area contributed by atoms with Crippen molar-refractivity contribution >= 4 is 28.4 Å². The van der Waals surface area contributed by atoms with Crippen LogP contribution in [0.25, 0.3) is 10.8 Å². The Morgan fingerprint density at radius 2 is 2.04 bits per heavy atom. The van der Waals surface area contributed by atoms with Crippen molar-refractivity contribution in [3.8, 4) is 0 Å². The van der Waals surface area contributed by atoms with Crippen LogP contribution in [0.5, 0.6) is 0 Å². The van der Waals surface area contributed by atoms with Gasteiger partial charge in [-0.1, -0.05) is 30.3 Å². The second-order valence-electron chi connectivity index (χ2n) is 6.31. The second kappa shape index (κ2) is 7.37. The maximum Gasteiger partial charge on any atom is 0.233 e. The highest BCUT2D eigenvalue weighted by Gasteiger charge is 2.28. The highest BCUT2D eigenvalue weighted by atomic mass is 32.2. The lowest BCUT2D eigenvalue weighted by atomic mass is 9.97. The van der Waals surface area contributed by atoms with Crippen LogP contribution >= 0.6 is 11.8 Å². The molecule has 3 nitrogen and oxygen atoms in total. The monoisotopic (exact) mass is 328 g/mol. The smallest absolute Gasteiger partial charge is 0.233 e. The largest absolute Gasteiger partial charge is 0.337 e. The summed E-state index contributed by atoms with van der Waals surface area (Å²) < 4.78 is 0. The van der Waals surface area contributed by atoms with Crippen LogP contribution in [-0.2, 0) is 4.79 Å². The first-order valence-corrected chi connectivity index (χ1v) is 9.30. The molecule has 0 bridgehead atoms. The van der Waals surface area contributed by atoms with E-state index in [1.807, 2.05) is 24.0 Å². The van der Waals surface area contributed by atoms with Gasteiger partial charge in [0.2, 0.25) is 5.91 Å². The molecule has 4 heteroatoms. The Morgan fingerprint density at radius 1 is 1.26 bits per heavy atom. The Labute approximate surface area is 142 Å². The molecule has 2 N–H and O–H groups in total. The van der Waals surface area contributed by atoms with Gasteiger partial charge in [-0.2, -0.15) is 0 Å². The number of carbonyl (C=O) groups excluding carboxylic acids is 1. The van der Waals surface area contributed by atoms with Gasteiger partial charge in [-0.25, -0.2) is 0 Å². The lowest BCUT2D eigenvalue weighted by molar-refractivity contribution is -0.132. The average Bonchev–Trinajstić information content (AvgIpc) is 2.59. The van der Waals surface area contributed by atoms with Crippen LogP contribution in [0.3, 0.4) is 0 Å². The maximum absolute atomic E-state index is 12.6. The van der Waals surface area contributed by atoms with Crippen molar-refractivity contribution in [1.82, 2.24) is 4.90 Å². The molecule has 0 aliphatic carbocycles. The summed E-state index contributed by atoms with van der Waals surface area (Å²) in [4.78, 5) is 15.7. The first-order chi connectivity index (χ1) is 11.1. The minimum Gasteiger partial charge on any atom is -0.337 e. The number of hydrogen-bond acceptors (Lipinski definition) is 3. The fraction of sp³-hybridized carbons (Fsp3) is 0.421. The zero-order chi connectivity index (χ0) is 16.2. The third kappa shape index (κ3) is 3.88. The molecule has 2 atom stereocenters. The first-order valence-electron chi connectivity index (χ1n) is 8.32. The zero-order valence-corrected chi connectivity index (χ0v) is 14.4. The van der Waals surface area contributed by atoms with E-state index in [2.05, 4.69) is 30.3 Å². The van der Waals surface area contributed by atoms with Gasteiger partial charge in [0.25, 0.3) is 0 Å². The predicted molar refractivity (Wildman–Crippen MR) is 97.7 cm³/mol. The van der Waals surface area contributed by atoms with Crippen molar-refractivity contribution in [2.75, 3.05) is 12.3 Å². The number of piperidine rings is 1. The molecule has 0 spiro atoms. The summed E-state index contributed by atoms with van der Waals surface area (Å²) in [5.41, 5.74) is 6.06. The number of hydrogen-bond donors (Lipinski definition) is 1. The molecule has 2 aromatic carbocycles. The van der Waals surface area contributed by atoms with Crippen molar-refractivity contribution in [2.24, 2.45) is 5.73 Å². The number of carbonyl (C=O) groups is 1. The molecule has 122 valence electrons. The summed E-state index contributed by atoms with van der Waals surface area (Å²) in [5.74, 6) is 0.701. The van der Waals surface area contributed by atoms with Gasteiger partial charge in [0.15, 0.2) is 0 Å². The van der Waals surface area contributed by atoms with Gasteiger partial charge in [-0.05, 0) is 49.1 Å². The Morgan fingerprint density at radius 3 is 2.83 bits per heavy atom. The minimum absolute atomic E-state index is 0.0462. The van der Waals surface area contributed by atoms with Gasteiger partial charge in [-0.15, -0.1) is 11.8 Å². The molecule has 2 aromatic rings. The van der Waals surface area contributed by atoms with Gasteiger partial charge in [0, 0.05) is 23.5 Å². The predicted octanol–water partition coefficient (Wildman–Crippen LogP) is 3.66. The number of nitrogens with zero attached hydrogens (tertiary/aromatic N) is 1. The summed E-state index contributed by atoms with van der Waals surface area (Å²) in [6.45, 7) is 2.86. The van der Waals surface area contributed by atoms with Crippen LogP contribution in [-0.4, -0.2) is 35.2 Å². The zero-order valence-electron chi connectivity index (χ0n) is 13.6. The van der Waals surface area contributed by atoms with Crippen LogP contribution in [0.1, 0.15) is 26.2 Å². The molecule has 1 aliphatic heterocycles. The first kappa shape index (κ1) is 16.3. The van der Waals surface area contributed by atoms with E-state index >= 15 is 0 Å². The van der Waals surface area contributed by atoms with Gasteiger partial charge >= 0.3 is 0 Å². The van der Waals surface area contributed by atoms with E-state index in [1.165, 1.54) is 17.2 Å². The number of rotatable bonds is 4. The van der Waals surface area contributed by atoms with Crippen LogP contribution < -0.4 is 5.73 Å². The number of benzene rings is 2. The third-order valence-electron chi connectivity index (χ3n) is 4.56. The minimum atomic E-state index is 0.0462. The van der Waals surface area contributed by atoms with Crippen molar-refractivity contribution in [3.63, 3.8) is 0 Å². The Bertz CT molecular complexity index is 686. The summed E-state index contributed by atoms with van der Waals surface area (Å²) in [7, 11) is 0. The Balaban J connectivity index is 1.65. The standard InChI is InChI=1S/C19H24N2OS/c1-14(20)18-8-4-5-11-21(18)19(22)13-23-17-10-9-15-6-2-3-7-16(15)12-17/h2-3,6-7,9-10,12,14,18H,4-5,8,11,13,20H2,1H3. The summed E-state index contributed by atoms with van der Waals surface area (Å²) in [5, 5.41) is 2.45. The molecule has 1 amide bonds. The summed E-state index contributed by atoms with van der Waals surface area (Å²) >= 11 is 1.62. The van der Waals surface area contributed by atoms with E-state index < -0.39 is 0 Å². The van der Waals surface area contributed by atoms with E-state index in [0.29, 0.717) is 5.75 Å². The van der Waals surface area contributed by atoms with E-state index in [-0.39, 0.29) is 18.0 Å². The highest BCUT2D eigenvalue weighted by molar-refractivity contribution is 8.00. The normalized spacial score (nSPS) is 19.7. The molecule has 23 heavy (non-hydrogen) atoms. The van der Waals surface area contributed by atoms with Gasteiger partial charge < -0.3 is 10.6 Å². The van der Waals surface area contributed by atoms with Crippen LogP contribution in [0.15, 0.2) is 47.4 Å². The number of thioether (sulfide) groups is 1. The SMILES string of the molecule is CC(N)C1CCCCN1C(=O)CSc1ccc2ccccc2c1. The number of amides is 1. The topological polar surface area (TPSA) is 46.3 Å². The number of fused-ring (bicyclic) bond motifs is 1. The van der Waals surface area contributed by atoms with Crippen LogP contribution in [0, 0.1) is 0 Å².